The summed E-state index contributed by atoms with van der Waals surface area (Å²) in [5.74, 6) is -0.384. The maximum Gasteiger partial charge on any atom is 0.237 e. The average molecular weight is 215 g/mol. The smallest absolute Gasteiger partial charge is 0.237 e. The molecule has 0 heterocycles. The van der Waals surface area contributed by atoms with Gasteiger partial charge in [-0.15, -0.1) is 0 Å². The number of carbonyl (C=O) groups is 1. The number of ether oxygens (including phenoxy) is 1. The van der Waals surface area contributed by atoms with Crippen LogP contribution in [0.2, 0.25) is 0 Å². The molecule has 1 aliphatic carbocycles. The van der Waals surface area contributed by atoms with E-state index < -0.39 is 5.54 Å². The molecule has 0 saturated heterocycles. The van der Waals surface area contributed by atoms with Gasteiger partial charge in [0.25, 0.3) is 0 Å². The van der Waals surface area contributed by atoms with E-state index in [2.05, 4.69) is 4.90 Å². The fourth-order valence-corrected chi connectivity index (χ4v) is 2.07. The molecule has 0 bridgehead atoms. The average Bonchev–Trinajstić information content (AvgIpc) is 2.59. The first-order valence-electron chi connectivity index (χ1n) is 5.27. The molecule has 1 amide bonds. The summed E-state index contributed by atoms with van der Waals surface area (Å²) < 4.78 is 5.01. The summed E-state index contributed by atoms with van der Waals surface area (Å²) in [6.07, 6.45) is 2.27. The minimum Gasteiger partial charge on any atom is -0.383 e. The molecule has 0 radical (unpaired) electrons. The Hall–Kier alpha value is -0.650. The Morgan fingerprint density at radius 2 is 2.33 bits per heavy atom. The number of primary amides is 1. The second-order valence-corrected chi connectivity index (χ2v) is 4.39. The number of nitrogens with zero attached hydrogens (tertiary/aromatic N) is 1. The van der Waals surface area contributed by atoms with Crippen LogP contribution < -0.4 is 11.5 Å². The lowest BCUT2D eigenvalue weighted by molar-refractivity contribution is -0.123. The largest absolute Gasteiger partial charge is 0.383 e. The summed E-state index contributed by atoms with van der Waals surface area (Å²) in [7, 11) is 3.70. The molecule has 1 saturated carbocycles. The number of methoxy groups -OCH3 is 1. The predicted octanol–water partition coefficient (Wildman–Crippen LogP) is -0.700. The van der Waals surface area contributed by atoms with Gasteiger partial charge >= 0.3 is 0 Å². The fraction of sp³-hybridized carbons (Fsp3) is 0.900. The van der Waals surface area contributed by atoms with Gasteiger partial charge in [0.1, 0.15) is 0 Å². The van der Waals surface area contributed by atoms with Crippen molar-refractivity contribution in [2.24, 2.45) is 11.5 Å². The van der Waals surface area contributed by atoms with Crippen LogP contribution in [-0.2, 0) is 9.53 Å². The minimum atomic E-state index is -0.800. The molecule has 1 fully saturated rings. The molecule has 15 heavy (non-hydrogen) atoms. The lowest BCUT2D eigenvalue weighted by Crippen LogP contribution is -2.51. The minimum absolute atomic E-state index is 0.345. The molecule has 0 aromatic rings. The monoisotopic (exact) mass is 215 g/mol. The van der Waals surface area contributed by atoms with Gasteiger partial charge in [0.15, 0.2) is 0 Å². The third-order valence-electron chi connectivity index (χ3n) is 3.29. The highest BCUT2D eigenvalue weighted by molar-refractivity contribution is 5.84. The van der Waals surface area contributed by atoms with Crippen LogP contribution in [-0.4, -0.2) is 49.7 Å². The van der Waals surface area contributed by atoms with E-state index >= 15 is 0 Å². The van der Waals surface area contributed by atoms with Crippen molar-refractivity contribution >= 4 is 5.91 Å². The molecule has 0 aliphatic heterocycles. The van der Waals surface area contributed by atoms with Gasteiger partial charge in [-0.05, 0) is 26.3 Å². The zero-order valence-corrected chi connectivity index (χ0v) is 9.53. The fourth-order valence-electron chi connectivity index (χ4n) is 2.07. The van der Waals surface area contributed by atoms with Crippen LogP contribution in [0.5, 0.6) is 0 Å². The maximum absolute atomic E-state index is 11.2. The third kappa shape index (κ3) is 2.90. The quantitative estimate of drug-likeness (QED) is 0.635. The molecule has 1 aliphatic rings. The van der Waals surface area contributed by atoms with E-state index in [4.69, 9.17) is 16.2 Å². The SMILES string of the molecule is COCCN(C)C1CCC(N)(C(N)=O)C1. The van der Waals surface area contributed by atoms with Crippen molar-refractivity contribution < 1.29 is 9.53 Å². The van der Waals surface area contributed by atoms with Gasteiger partial charge < -0.3 is 21.1 Å². The van der Waals surface area contributed by atoms with Crippen LogP contribution in [0.25, 0.3) is 0 Å². The van der Waals surface area contributed by atoms with E-state index in [1.165, 1.54) is 0 Å². The molecule has 2 unspecified atom stereocenters. The van der Waals surface area contributed by atoms with Crippen LogP contribution in [0.1, 0.15) is 19.3 Å². The van der Waals surface area contributed by atoms with Crippen LogP contribution in [0.3, 0.4) is 0 Å². The molecule has 0 spiro atoms. The highest BCUT2D eigenvalue weighted by Crippen LogP contribution is 2.30. The highest BCUT2D eigenvalue weighted by Gasteiger charge is 2.41. The van der Waals surface area contributed by atoms with E-state index in [1.54, 1.807) is 7.11 Å². The standard InChI is InChI=1S/C10H21N3O2/c1-13(5-6-15-2)8-3-4-10(12,7-8)9(11)14/h8H,3-7,12H2,1-2H3,(H2,11,14). The van der Waals surface area contributed by atoms with Gasteiger partial charge in [0, 0.05) is 19.7 Å². The summed E-state index contributed by atoms with van der Waals surface area (Å²) in [6.45, 7) is 1.55. The Morgan fingerprint density at radius 3 is 2.80 bits per heavy atom. The predicted molar refractivity (Wildman–Crippen MR) is 58.3 cm³/mol. The Kier molecular flexibility index (Phi) is 4.07. The molecule has 5 nitrogen and oxygen atoms in total. The topological polar surface area (TPSA) is 81.6 Å². The number of likely N-dealkylation sites (N-methyl/N-ethyl adjacent to an activating group) is 1. The van der Waals surface area contributed by atoms with Crippen molar-refractivity contribution in [1.29, 1.82) is 0 Å². The number of carbonyl (C=O) groups excluding carboxylic acids is 1. The van der Waals surface area contributed by atoms with Gasteiger partial charge in [-0.3, -0.25) is 4.79 Å². The van der Waals surface area contributed by atoms with E-state index in [-0.39, 0.29) is 5.91 Å². The lowest BCUT2D eigenvalue weighted by Gasteiger charge is -2.25. The number of amides is 1. The number of rotatable bonds is 5. The molecule has 5 heteroatoms. The Balaban J connectivity index is 2.45. The first-order chi connectivity index (χ1) is 6.99. The molecule has 0 aromatic carbocycles. The van der Waals surface area contributed by atoms with E-state index in [0.717, 1.165) is 13.0 Å². The van der Waals surface area contributed by atoms with Crippen LogP contribution >= 0.6 is 0 Å². The van der Waals surface area contributed by atoms with Gasteiger partial charge in [0.05, 0.1) is 12.1 Å². The van der Waals surface area contributed by atoms with E-state index in [9.17, 15) is 4.79 Å². The zero-order chi connectivity index (χ0) is 11.5. The number of nitrogens with two attached hydrogens (primary N) is 2. The zero-order valence-electron chi connectivity index (χ0n) is 9.53. The molecular formula is C10H21N3O2. The maximum atomic E-state index is 11.2. The first kappa shape index (κ1) is 12.4. The third-order valence-corrected chi connectivity index (χ3v) is 3.29. The summed E-state index contributed by atoms with van der Waals surface area (Å²) in [4.78, 5) is 13.3. The summed E-state index contributed by atoms with van der Waals surface area (Å²) in [5.41, 5.74) is 10.4. The molecular weight excluding hydrogens is 194 g/mol. The van der Waals surface area contributed by atoms with Crippen molar-refractivity contribution in [3.63, 3.8) is 0 Å². The second-order valence-electron chi connectivity index (χ2n) is 4.39. The van der Waals surface area contributed by atoms with Crippen molar-refractivity contribution in [2.75, 3.05) is 27.3 Å². The molecule has 2 atom stereocenters. The van der Waals surface area contributed by atoms with Gasteiger partial charge in [0.2, 0.25) is 5.91 Å². The summed E-state index contributed by atoms with van der Waals surface area (Å²) >= 11 is 0. The number of hydrogen-bond donors (Lipinski definition) is 2. The van der Waals surface area contributed by atoms with Crippen LogP contribution in [0, 0.1) is 0 Å². The molecule has 0 aromatic heterocycles. The molecule has 1 rings (SSSR count). The van der Waals surface area contributed by atoms with Gasteiger partial charge in [-0.1, -0.05) is 0 Å². The van der Waals surface area contributed by atoms with Gasteiger partial charge in [-0.25, -0.2) is 0 Å². The lowest BCUT2D eigenvalue weighted by atomic mass is 9.98. The van der Waals surface area contributed by atoms with E-state index in [0.29, 0.717) is 25.5 Å². The van der Waals surface area contributed by atoms with Gasteiger partial charge in [-0.2, -0.15) is 0 Å². The second kappa shape index (κ2) is 4.92. The Bertz CT molecular complexity index is 235. The molecule has 88 valence electrons. The van der Waals surface area contributed by atoms with Crippen LogP contribution in [0.15, 0.2) is 0 Å². The molecule has 4 N–H and O–H groups in total. The summed E-state index contributed by atoms with van der Waals surface area (Å²) in [5, 5.41) is 0. The Labute approximate surface area is 90.7 Å². The van der Waals surface area contributed by atoms with Crippen molar-refractivity contribution in [1.82, 2.24) is 4.90 Å². The van der Waals surface area contributed by atoms with Crippen LogP contribution in [0.4, 0.5) is 0 Å². The normalized spacial score (nSPS) is 31.1. The van der Waals surface area contributed by atoms with Crippen molar-refractivity contribution in [2.45, 2.75) is 30.8 Å². The van der Waals surface area contributed by atoms with E-state index in [1.807, 2.05) is 7.05 Å². The first-order valence-corrected chi connectivity index (χ1v) is 5.27. The highest BCUT2D eigenvalue weighted by atomic mass is 16.5. The number of hydrogen-bond acceptors (Lipinski definition) is 4. The van der Waals surface area contributed by atoms with Crippen molar-refractivity contribution in [3.05, 3.63) is 0 Å². The summed E-state index contributed by atoms with van der Waals surface area (Å²) in [6, 6.07) is 0.345. The Morgan fingerprint density at radius 1 is 1.67 bits per heavy atom. The van der Waals surface area contributed by atoms with Crippen molar-refractivity contribution in [3.8, 4) is 0 Å².